The van der Waals surface area contributed by atoms with Crippen LogP contribution in [0.25, 0.3) is 6.08 Å². The van der Waals surface area contributed by atoms with Gasteiger partial charge in [-0.3, -0.25) is 4.79 Å². The molecule has 0 atom stereocenters. The quantitative estimate of drug-likeness (QED) is 0.461. The first kappa shape index (κ1) is 16.3. The highest BCUT2D eigenvalue weighted by atomic mass is 16.5. The van der Waals surface area contributed by atoms with E-state index in [0.29, 0.717) is 29.2 Å². The number of carbonyl (C=O) groups is 1. The lowest BCUT2D eigenvalue weighted by atomic mass is 10.0. The molecule has 23 heavy (non-hydrogen) atoms. The van der Waals surface area contributed by atoms with Crippen molar-refractivity contribution in [2.24, 2.45) is 0 Å². The SMILES string of the molecule is CCOc1ccccc1/C=C(\C#N)C(=O)c1ccccc1OC. The second-order valence-corrected chi connectivity index (χ2v) is 4.67. The Kier molecular flexibility index (Phi) is 5.54. The van der Waals surface area contributed by atoms with Gasteiger partial charge in [0.25, 0.3) is 0 Å². The first-order valence-corrected chi connectivity index (χ1v) is 7.22. The number of nitrogens with zero attached hydrogens (tertiary/aromatic N) is 1. The Balaban J connectivity index is 2.44. The molecule has 0 spiro atoms. The predicted molar refractivity (Wildman–Crippen MR) is 88.5 cm³/mol. The lowest BCUT2D eigenvalue weighted by molar-refractivity contribution is 0.103. The van der Waals surface area contributed by atoms with Crippen molar-refractivity contribution in [2.45, 2.75) is 6.92 Å². The van der Waals surface area contributed by atoms with E-state index >= 15 is 0 Å². The zero-order chi connectivity index (χ0) is 16.7. The average molecular weight is 307 g/mol. The number of para-hydroxylation sites is 2. The van der Waals surface area contributed by atoms with Crippen molar-refractivity contribution in [3.8, 4) is 17.6 Å². The minimum absolute atomic E-state index is 0.0293. The second-order valence-electron chi connectivity index (χ2n) is 4.67. The molecule has 4 heteroatoms. The summed E-state index contributed by atoms with van der Waals surface area (Å²) in [6.07, 6.45) is 1.54. The maximum atomic E-state index is 12.6. The van der Waals surface area contributed by atoms with Crippen LogP contribution in [0.2, 0.25) is 0 Å². The fourth-order valence-electron chi connectivity index (χ4n) is 2.17. The van der Waals surface area contributed by atoms with Crippen molar-refractivity contribution in [3.63, 3.8) is 0 Å². The van der Waals surface area contributed by atoms with Crippen LogP contribution >= 0.6 is 0 Å². The fraction of sp³-hybridized carbons (Fsp3) is 0.158. The number of hydrogen-bond acceptors (Lipinski definition) is 4. The van der Waals surface area contributed by atoms with Gasteiger partial charge in [0.2, 0.25) is 5.78 Å². The van der Waals surface area contributed by atoms with Crippen LogP contribution in [-0.4, -0.2) is 19.5 Å². The van der Waals surface area contributed by atoms with E-state index in [-0.39, 0.29) is 11.4 Å². The van der Waals surface area contributed by atoms with Crippen LogP contribution in [0.3, 0.4) is 0 Å². The Bertz CT molecular complexity index is 772. The summed E-state index contributed by atoms with van der Waals surface area (Å²) in [7, 11) is 1.49. The maximum absolute atomic E-state index is 12.6. The van der Waals surface area contributed by atoms with E-state index in [4.69, 9.17) is 9.47 Å². The lowest BCUT2D eigenvalue weighted by Crippen LogP contribution is -2.04. The van der Waals surface area contributed by atoms with Gasteiger partial charge in [0.05, 0.1) is 19.3 Å². The number of carbonyl (C=O) groups excluding carboxylic acids is 1. The summed E-state index contributed by atoms with van der Waals surface area (Å²) < 4.78 is 10.7. The number of hydrogen-bond donors (Lipinski definition) is 0. The molecule has 0 fully saturated rings. The summed E-state index contributed by atoms with van der Waals surface area (Å²) in [5.41, 5.74) is 1.08. The molecular weight excluding hydrogens is 290 g/mol. The van der Waals surface area contributed by atoms with Crippen LogP contribution in [0.5, 0.6) is 11.5 Å². The van der Waals surface area contributed by atoms with Crippen molar-refractivity contribution in [1.29, 1.82) is 5.26 Å². The van der Waals surface area contributed by atoms with E-state index in [1.165, 1.54) is 7.11 Å². The maximum Gasteiger partial charge on any atom is 0.207 e. The third kappa shape index (κ3) is 3.78. The number of Topliss-reactive ketones (excluding diaryl/α,β-unsaturated/α-hetero) is 1. The highest BCUT2D eigenvalue weighted by Gasteiger charge is 2.17. The Morgan fingerprint density at radius 3 is 2.43 bits per heavy atom. The molecule has 0 saturated heterocycles. The van der Waals surface area contributed by atoms with Gasteiger partial charge in [-0.2, -0.15) is 5.26 Å². The van der Waals surface area contributed by atoms with Crippen molar-refractivity contribution in [2.75, 3.05) is 13.7 Å². The summed E-state index contributed by atoms with van der Waals surface area (Å²) >= 11 is 0. The standard InChI is InChI=1S/C19H17NO3/c1-3-23-17-10-6-4-8-14(17)12-15(13-20)19(21)16-9-5-7-11-18(16)22-2/h4-12H,3H2,1-2H3/b15-12+. The third-order valence-electron chi connectivity index (χ3n) is 3.24. The van der Waals surface area contributed by atoms with E-state index in [0.717, 1.165) is 0 Å². The zero-order valence-corrected chi connectivity index (χ0v) is 13.1. The Morgan fingerprint density at radius 1 is 1.13 bits per heavy atom. The van der Waals surface area contributed by atoms with Crippen LogP contribution in [0.15, 0.2) is 54.1 Å². The summed E-state index contributed by atoms with van der Waals surface area (Å²) in [6, 6.07) is 16.1. The summed E-state index contributed by atoms with van der Waals surface area (Å²) in [6.45, 7) is 2.39. The molecule has 0 aliphatic heterocycles. The molecule has 0 heterocycles. The molecule has 0 aliphatic rings. The third-order valence-corrected chi connectivity index (χ3v) is 3.24. The summed E-state index contributed by atoms with van der Waals surface area (Å²) in [5.74, 6) is 0.698. The van der Waals surface area contributed by atoms with Crippen LogP contribution in [0.4, 0.5) is 0 Å². The largest absolute Gasteiger partial charge is 0.496 e. The molecular formula is C19H17NO3. The van der Waals surface area contributed by atoms with Gasteiger partial charge >= 0.3 is 0 Å². The Morgan fingerprint density at radius 2 is 1.78 bits per heavy atom. The zero-order valence-electron chi connectivity index (χ0n) is 13.1. The number of methoxy groups -OCH3 is 1. The normalized spacial score (nSPS) is 10.7. The van der Waals surface area contributed by atoms with Gasteiger partial charge in [0.15, 0.2) is 0 Å². The molecule has 0 saturated carbocycles. The van der Waals surface area contributed by atoms with Gasteiger partial charge in [0.1, 0.15) is 23.1 Å². The highest BCUT2D eigenvalue weighted by Crippen LogP contribution is 2.25. The van der Waals surface area contributed by atoms with E-state index in [1.54, 1.807) is 42.5 Å². The van der Waals surface area contributed by atoms with E-state index < -0.39 is 0 Å². The number of ether oxygens (including phenoxy) is 2. The number of nitriles is 1. The monoisotopic (exact) mass is 307 g/mol. The number of allylic oxidation sites excluding steroid dienone is 1. The molecule has 0 N–H and O–H groups in total. The van der Waals surface area contributed by atoms with Crippen molar-refractivity contribution in [1.82, 2.24) is 0 Å². The number of rotatable bonds is 6. The molecule has 0 aliphatic carbocycles. The molecule has 0 radical (unpaired) electrons. The molecule has 4 nitrogen and oxygen atoms in total. The average Bonchev–Trinajstić information content (AvgIpc) is 2.60. The van der Waals surface area contributed by atoms with Crippen LogP contribution < -0.4 is 9.47 Å². The van der Waals surface area contributed by atoms with Crippen LogP contribution in [0.1, 0.15) is 22.8 Å². The van der Waals surface area contributed by atoms with E-state index in [1.807, 2.05) is 25.1 Å². The number of ketones is 1. The van der Waals surface area contributed by atoms with Gasteiger partial charge in [0, 0.05) is 5.56 Å². The van der Waals surface area contributed by atoms with Crippen LogP contribution in [-0.2, 0) is 0 Å². The van der Waals surface area contributed by atoms with Gasteiger partial charge in [-0.15, -0.1) is 0 Å². The topological polar surface area (TPSA) is 59.3 Å². The molecule has 116 valence electrons. The molecule has 0 unspecified atom stereocenters. The Labute approximate surface area is 135 Å². The minimum Gasteiger partial charge on any atom is -0.496 e. The van der Waals surface area contributed by atoms with Gasteiger partial charge < -0.3 is 9.47 Å². The summed E-state index contributed by atoms with van der Waals surface area (Å²) in [4.78, 5) is 12.6. The molecule has 2 rings (SSSR count). The van der Waals surface area contributed by atoms with Crippen molar-refractivity contribution in [3.05, 3.63) is 65.2 Å². The van der Waals surface area contributed by atoms with Gasteiger partial charge in [-0.1, -0.05) is 30.3 Å². The molecule has 2 aromatic carbocycles. The van der Waals surface area contributed by atoms with E-state index in [2.05, 4.69) is 0 Å². The van der Waals surface area contributed by atoms with Crippen molar-refractivity contribution >= 4 is 11.9 Å². The molecule has 0 aromatic heterocycles. The molecule has 0 bridgehead atoms. The number of benzene rings is 2. The Hall–Kier alpha value is -3.06. The first-order valence-electron chi connectivity index (χ1n) is 7.22. The fourth-order valence-corrected chi connectivity index (χ4v) is 2.17. The molecule has 2 aromatic rings. The lowest BCUT2D eigenvalue weighted by Gasteiger charge is -2.08. The smallest absolute Gasteiger partial charge is 0.207 e. The first-order chi connectivity index (χ1) is 11.2. The van der Waals surface area contributed by atoms with Crippen LogP contribution in [0, 0.1) is 11.3 Å². The highest BCUT2D eigenvalue weighted by molar-refractivity contribution is 6.15. The summed E-state index contributed by atoms with van der Waals surface area (Å²) in [5, 5.41) is 9.38. The second kappa shape index (κ2) is 7.81. The van der Waals surface area contributed by atoms with Gasteiger partial charge in [-0.05, 0) is 31.2 Å². The minimum atomic E-state index is -0.378. The van der Waals surface area contributed by atoms with Crippen molar-refractivity contribution < 1.29 is 14.3 Å². The van der Waals surface area contributed by atoms with Gasteiger partial charge in [-0.25, -0.2) is 0 Å². The molecule has 0 amide bonds. The van der Waals surface area contributed by atoms with E-state index in [9.17, 15) is 10.1 Å². The predicted octanol–water partition coefficient (Wildman–Crippen LogP) is 3.88.